The van der Waals surface area contributed by atoms with Crippen molar-refractivity contribution in [3.63, 3.8) is 0 Å². The van der Waals surface area contributed by atoms with Crippen molar-refractivity contribution in [2.75, 3.05) is 45.6 Å². The number of benzene rings is 1. The summed E-state index contributed by atoms with van der Waals surface area (Å²) < 4.78 is 5.86. The van der Waals surface area contributed by atoms with E-state index >= 15 is 0 Å². The van der Waals surface area contributed by atoms with E-state index in [0.717, 1.165) is 49.5 Å². The van der Waals surface area contributed by atoms with Crippen molar-refractivity contribution in [1.82, 2.24) is 10.2 Å². The van der Waals surface area contributed by atoms with Gasteiger partial charge < -0.3 is 20.3 Å². The molecule has 5 nitrogen and oxygen atoms in total. The van der Waals surface area contributed by atoms with Gasteiger partial charge in [0.25, 0.3) is 0 Å². The zero-order valence-corrected chi connectivity index (χ0v) is 13.8. The monoisotopic (exact) mass is 305 g/mol. The fourth-order valence-corrected chi connectivity index (χ4v) is 2.44. The summed E-state index contributed by atoms with van der Waals surface area (Å²) in [6.07, 6.45) is 2.23. The number of carbonyl (C=O) groups excluding carboxylic acids is 1. The van der Waals surface area contributed by atoms with Crippen LogP contribution in [0.4, 0.5) is 5.69 Å². The molecule has 2 rings (SSSR count). The maximum absolute atomic E-state index is 12.2. The summed E-state index contributed by atoms with van der Waals surface area (Å²) in [5.41, 5.74) is 1.65. The second-order valence-electron chi connectivity index (χ2n) is 6.00. The van der Waals surface area contributed by atoms with Gasteiger partial charge in [0.15, 0.2) is 5.78 Å². The molecule has 1 aromatic rings. The lowest BCUT2D eigenvalue weighted by atomic mass is 10.1. The number of anilines is 1. The highest BCUT2D eigenvalue weighted by molar-refractivity contribution is 5.98. The van der Waals surface area contributed by atoms with E-state index in [-0.39, 0.29) is 11.9 Å². The molecular weight excluding hydrogens is 278 g/mol. The summed E-state index contributed by atoms with van der Waals surface area (Å²) in [4.78, 5) is 14.3. The number of rotatable bonds is 8. The van der Waals surface area contributed by atoms with E-state index in [1.165, 1.54) is 0 Å². The van der Waals surface area contributed by atoms with Gasteiger partial charge in [-0.3, -0.25) is 4.79 Å². The van der Waals surface area contributed by atoms with Gasteiger partial charge in [0.05, 0.1) is 18.8 Å². The van der Waals surface area contributed by atoms with E-state index in [9.17, 15) is 4.79 Å². The molecule has 1 aliphatic rings. The van der Waals surface area contributed by atoms with E-state index in [1.807, 2.05) is 18.2 Å². The molecule has 0 aliphatic carbocycles. The quantitative estimate of drug-likeness (QED) is 0.568. The molecule has 1 unspecified atom stereocenters. The van der Waals surface area contributed by atoms with Crippen molar-refractivity contribution < 1.29 is 9.53 Å². The van der Waals surface area contributed by atoms with Crippen molar-refractivity contribution in [3.8, 4) is 5.75 Å². The van der Waals surface area contributed by atoms with Crippen LogP contribution in [0.1, 0.15) is 30.1 Å². The van der Waals surface area contributed by atoms with E-state index in [4.69, 9.17) is 4.74 Å². The van der Waals surface area contributed by atoms with Gasteiger partial charge in [-0.15, -0.1) is 0 Å². The zero-order chi connectivity index (χ0) is 15.9. The summed E-state index contributed by atoms with van der Waals surface area (Å²) in [5.74, 6) is 0.959. The predicted octanol–water partition coefficient (Wildman–Crippen LogP) is 1.99. The van der Waals surface area contributed by atoms with Crippen LogP contribution in [0.5, 0.6) is 5.75 Å². The number of hydrogen-bond donors (Lipinski definition) is 2. The van der Waals surface area contributed by atoms with Crippen molar-refractivity contribution >= 4 is 11.5 Å². The average molecular weight is 305 g/mol. The van der Waals surface area contributed by atoms with Crippen LogP contribution in [-0.2, 0) is 0 Å². The average Bonchev–Trinajstić information content (AvgIpc) is 2.53. The Morgan fingerprint density at radius 1 is 1.45 bits per heavy atom. The molecule has 0 saturated carbocycles. The topological polar surface area (TPSA) is 53.6 Å². The second-order valence-corrected chi connectivity index (χ2v) is 6.00. The van der Waals surface area contributed by atoms with E-state index in [1.54, 1.807) is 0 Å². The smallest absolute Gasteiger partial charge is 0.176 e. The molecule has 122 valence electrons. The highest BCUT2D eigenvalue weighted by Gasteiger charge is 2.18. The van der Waals surface area contributed by atoms with Crippen molar-refractivity contribution in [1.29, 1.82) is 0 Å². The van der Waals surface area contributed by atoms with Crippen molar-refractivity contribution in [2.45, 2.75) is 25.9 Å². The molecule has 5 heteroatoms. The van der Waals surface area contributed by atoms with E-state index in [2.05, 4.69) is 36.6 Å². The van der Waals surface area contributed by atoms with E-state index in [0.29, 0.717) is 6.54 Å². The number of Topliss-reactive ketones (excluding diaryl/α,β-unsaturated/α-hetero) is 1. The van der Waals surface area contributed by atoms with Gasteiger partial charge in [0.2, 0.25) is 0 Å². The fraction of sp³-hybridized carbons (Fsp3) is 0.588. The first kappa shape index (κ1) is 16.8. The molecule has 1 aliphatic heterocycles. The van der Waals surface area contributed by atoms with Gasteiger partial charge in [0, 0.05) is 5.56 Å². The van der Waals surface area contributed by atoms with Crippen LogP contribution in [0.2, 0.25) is 0 Å². The molecule has 0 aromatic heterocycles. The first-order valence-electron chi connectivity index (χ1n) is 8.03. The Labute approximate surface area is 133 Å². The SMILES string of the molecule is CCC1CNc2cc(C(=O)CNCCCN(C)C)ccc2O1. The Kier molecular flexibility index (Phi) is 6.21. The fourth-order valence-electron chi connectivity index (χ4n) is 2.44. The lowest BCUT2D eigenvalue weighted by Crippen LogP contribution is -2.30. The van der Waals surface area contributed by atoms with Crippen LogP contribution >= 0.6 is 0 Å². The molecule has 1 aromatic carbocycles. The standard InChI is InChI=1S/C17H27N3O2/c1-4-14-11-19-15-10-13(6-7-17(15)22-14)16(21)12-18-8-5-9-20(2)3/h6-7,10,14,18-19H,4-5,8-9,11-12H2,1-3H3. The normalized spacial score (nSPS) is 16.8. The summed E-state index contributed by atoms with van der Waals surface area (Å²) in [6.45, 7) is 5.17. The van der Waals surface area contributed by atoms with Crippen molar-refractivity contribution in [2.24, 2.45) is 0 Å². The Balaban J connectivity index is 1.84. The Morgan fingerprint density at radius 3 is 3.00 bits per heavy atom. The third-order valence-electron chi connectivity index (χ3n) is 3.82. The minimum Gasteiger partial charge on any atom is -0.486 e. The van der Waals surface area contributed by atoms with Gasteiger partial charge >= 0.3 is 0 Å². The third-order valence-corrected chi connectivity index (χ3v) is 3.82. The molecule has 0 saturated heterocycles. The molecule has 0 spiro atoms. The van der Waals surface area contributed by atoms with Crippen LogP contribution in [0.25, 0.3) is 0 Å². The minimum atomic E-state index is 0.118. The summed E-state index contributed by atoms with van der Waals surface area (Å²) >= 11 is 0. The number of nitrogens with zero attached hydrogens (tertiary/aromatic N) is 1. The molecule has 0 radical (unpaired) electrons. The largest absolute Gasteiger partial charge is 0.486 e. The maximum Gasteiger partial charge on any atom is 0.176 e. The van der Waals surface area contributed by atoms with E-state index < -0.39 is 0 Å². The molecule has 0 amide bonds. The molecule has 0 fully saturated rings. The van der Waals surface area contributed by atoms with Crippen LogP contribution in [0, 0.1) is 0 Å². The van der Waals surface area contributed by atoms with Crippen LogP contribution in [0.3, 0.4) is 0 Å². The first-order chi connectivity index (χ1) is 10.6. The molecule has 0 bridgehead atoms. The molecule has 22 heavy (non-hydrogen) atoms. The third kappa shape index (κ3) is 4.71. The van der Waals surface area contributed by atoms with Crippen molar-refractivity contribution in [3.05, 3.63) is 23.8 Å². The molecule has 2 N–H and O–H groups in total. The minimum absolute atomic E-state index is 0.118. The summed E-state index contributed by atoms with van der Waals surface area (Å²) in [6, 6.07) is 5.64. The van der Waals surface area contributed by atoms with Crippen LogP contribution in [0.15, 0.2) is 18.2 Å². The highest BCUT2D eigenvalue weighted by Crippen LogP contribution is 2.30. The maximum atomic E-state index is 12.2. The van der Waals surface area contributed by atoms with Gasteiger partial charge in [-0.25, -0.2) is 0 Å². The number of carbonyl (C=O) groups is 1. The lowest BCUT2D eigenvalue weighted by Gasteiger charge is -2.26. The predicted molar refractivity (Wildman–Crippen MR) is 90.0 cm³/mol. The summed E-state index contributed by atoms with van der Waals surface area (Å²) in [7, 11) is 4.10. The van der Waals surface area contributed by atoms with Crippen LogP contribution < -0.4 is 15.4 Å². The second kappa shape index (κ2) is 8.15. The Morgan fingerprint density at radius 2 is 2.27 bits per heavy atom. The van der Waals surface area contributed by atoms with Gasteiger partial charge in [-0.2, -0.15) is 0 Å². The number of ketones is 1. The number of fused-ring (bicyclic) bond motifs is 1. The summed E-state index contributed by atoms with van der Waals surface area (Å²) in [5, 5.41) is 6.55. The van der Waals surface area contributed by atoms with Gasteiger partial charge in [-0.05, 0) is 58.2 Å². The van der Waals surface area contributed by atoms with Gasteiger partial charge in [0.1, 0.15) is 11.9 Å². The number of hydrogen-bond acceptors (Lipinski definition) is 5. The molecular formula is C17H27N3O2. The molecule has 1 heterocycles. The van der Waals surface area contributed by atoms with Crippen LogP contribution in [-0.4, -0.2) is 57.1 Å². The Hall–Kier alpha value is -1.59. The number of nitrogens with one attached hydrogen (secondary N) is 2. The Bertz CT molecular complexity index is 503. The highest BCUT2D eigenvalue weighted by atomic mass is 16.5. The zero-order valence-electron chi connectivity index (χ0n) is 13.8. The number of ether oxygens (including phenoxy) is 1. The lowest BCUT2D eigenvalue weighted by molar-refractivity contribution is 0.0991. The first-order valence-corrected chi connectivity index (χ1v) is 8.03. The van der Waals surface area contributed by atoms with Gasteiger partial charge in [-0.1, -0.05) is 6.92 Å². The molecule has 1 atom stereocenters.